The summed E-state index contributed by atoms with van der Waals surface area (Å²) in [7, 11) is 0. The Morgan fingerprint density at radius 1 is 1.40 bits per heavy atom. The van der Waals surface area contributed by atoms with Gasteiger partial charge >= 0.3 is 0 Å². The van der Waals surface area contributed by atoms with Crippen LogP contribution in [0.1, 0.15) is 22.7 Å². The highest BCUT2D eigenvalue weighted by molar-refractivity contribution is 7.98. The van der Waals surface area contributed by atoms with Crippen LogP contribution in [-0.4, -0.2) is 36.4 Å². The Hall–Kier alpha value is -2.26. The third kappa shape index (κ3) is 5.36. The van der Waals surface area contributed by atoms with Crippen molar-refractivity contribution in [3.63, 3.8) is 0 Å². The van der Waals surface area contributed by atoms with Crippen LogP contribution in [0.3, 0.4) is 0 Å². The van der Waals surface area contributed by atoms with E-state index >= 15 is 0 Å². The van der Waals surface area contributed by atoms with Gasteiger partial charge in [0.1, 0.15) is 12.7 Å². The van der Waals surface area contributed by atoms with Crippen molar-refractivity contribution < 1.29 is 4.79 Å². The number of hydrogen-bond acceptors (Lipinski definition) is 7. The number of thiazole rings is 1. The molecule has 0 saturated heterocycles. The monoisotopic (exact) mass is 374 g/mol. The van der Waals surface area contributed by atoms with Gasteiger partial charge in [0.05, 0.1) is 10.7 Å². The fourth-order valence-corrected chi connectivity index (χ4v) is 3.64. The van der Waals surface area contributed by atoms with Gasteiger partial charge in [-0.2, -0.15) is 16.9 Å². The van der Waals surface area contributed by atoms with Crippen LogP contribution in [0.25, 0.3) is 5.82 Å². The van der Waals surface area contributed by atoms with Crippen LogP contribution < -0.4 is 5.32 Å². The molecule has 3 rings (SSSR count). The molecule has 0 aliphatic heterocycles. The fourth-order valence-electron chi connectivity index (χ4n) is 2.09. The number of aryl methyl sites for hydroxylation is 1. The van der Waals surface area contributed by atoms with Crippen molar-refractivity contribution >= 4 is 29.0 Å². The van der Waals surface area contributed by atoms with Crippen molar-refractivity contribution in [3.8, 4) is 5.82 Å². The zero-order chi connectivity index (χ0) is 17.5. The van der Waals surface area contributed by atoms with Crippen LogP contribution in [0.5, 0.6) is 0 Å². The van der Waals surface area contributed by atoms with Crippen molar-refractivity contribution in [2.75, 3.05) is 5.75 Å². The first kappa shape index (κ1) is 17.6. The van der Waals surface area contributed by atoms with Crippen LogP contribution in [0.4, 0.5) is 0 Å². The van der Waals surface area contributed by atoms with Gasteiger partial charge in [-0.05, 0) is 18.6 Å². The van der Waals surface area contributed by atoms with Gasteiger partial charge in [0.2, 0.25) is 5.91 Å². The van der Waals surface area contributed by atoms with Crippen molar-refractivity contribution in [3.05, 3.63) is 52.6 Å². The molecule has 9 heteroatoms. The van der Waals surface area contributed by atoms with E-state index in [-0.39, 0.29) is 5.91 Å². The molecule has 25 heavy (non-hydrogen) atoms. The molecule has 0 fully saturated rings. The molecule has 0 aliphatic carbocycles. The van der Waals surface area contributed by atoms with Gasteiger partial charge in [-0.15, -0.1) is 11.3 Å². The molecule has 3 heterocycles. The number of hydrogen-bond donors (Lipinski definition) is 1. The molecule has 3 aromatic heterocycles. The predicted octanol–water partition coefficient (Wildman–Crippen LogP) is 2.37. The van der Waals surface area contributed by atoms with Crippen LogP contribution >= 0.6 is 23.1 Å². The summed E-state index contributed by atoms with van der Waals surface area (Å²) in [4.78, 5) is 24.5. The number of thioether (sulfide) groups is 1. The van der Waals surface area contributed by atoms with E-state index < -0.39 is 0 Å². The van der Waals surface area contributed by atoms with Gasteiger partial charge < -0.3 is 5.32 Å². The minimum Gasteiger partial charge on any atom is -0.352 e. The smallest absolute Gasteiger partial charge is 0.221 e. The average molecular weight is 374 g/mol. The Bertz CT molecular complexity index is 800. The lowest BCUT2D eigenvalue weighted by atomic mass is 10.3. The van der Waals surface area contributed by atoms with Crippen LogP contribution in [0, 0.1) is 6.92 Å². The maximum atomic E-state index is 11.9. The fraction of sp³-hybridized carbons (Fsp3) is 0.312. The van der Waals surface area contributed by atoms with Gasteiger partial charge in [0.25, 0.3) is 0 Å². The Balaban J connectivity index is 1.36. The first-order valence-corrected chi connectivity index (χ1v) is 9.79. The number of nitrogens with zero attached hydrogens (tertiary/aromatic N) is 5. The maximum Gasteiger partial charge on any atom is 0.221 e. The SMILES string of the molecule is Cc1nc(CSCCC(=O)NCc2ccc(-n3cncn3)nc2)cs1. The van der Waals surface area contributed by atoms with Gasteiger partial charge in [0.15, 0.2) is 5.82 Å². The number of carbonyl (C=O) groups excluding carboxylic acids is 1. The minimum atomic E-state index is 0.0438. The van der Waals surface area contributed by atoms with E-state index in [0.717, 1.165) is 27.8 Å². The molecule has 0 saturated carbocycles. The normalized spacial score (nSPS) is 10.8. The molecule has 0 atom stereocenters. The predicted molar refractivity (Wildman–Crippen MR) is 98.6 cm³/mol. The number of amides is 1. The molecule has 7 nitrogen and oxygen atoms in total. The average Bonchev–Trinajstić information content (AvgIpc) is 3.29. The van der Waals surface area contributed by atoms with E-state index in [0.29, 0.717) is 18.8 Å². The first-order chi connectivity index (χ1) is 12.2. The summed E-state index contributed by atoms with van der Waals surface area (Å²) >= 11 is 3.38. The second kappa shape index (κ2) is 8.72. The molecular weight excluding hydrogens is 356 g/mol. The molecule has 0 aliphatic rings. The van der Waals surface area contributed by atoms with Crippen molar-refractivity contribution in [1.82, 2.24) is 30.0 Å². The molecule has 0 bridgehead atoms. The molecule has 1 N–H and O–H groups in total. The van der Waals surface area contributed by atoms with Crippen LogP contribution in [0.15, 0.2) is 36.4 Å². The van der Waals surface area contributed by atoms with Gasteiger partial charge in [-0.1, -0.05) is 6.07 Å². The van der Waals surface area contributed by atoms with Crippen LogP contribution in [-0.2, 0) is 17.1 Å². The molecule has 0 aromatic carbocycles. The number of rotatable bonds is 8. The Morgan fingerprint density at radius 2 is 2.32 bits per heavy atom. The number of nitrogens with one attached hydrogen (secondary N) is 1. The largest absolute Gasteiger partial charge is 0.352 e. The van der Waals surface area contributed by atoms with Gasteiger partial charge in [-0.3, -0.25) is 4.79 Å². The van der Waals surface area contributed by atoms with Crippen molar-refractivity contribution in [2.24, 2.45) is 0 Å². The van der Waals surface area contributed by atoms with Crippen molar-refractivity contribution in [2.45, 2.75) is 25.6 Å². The lowest BCUT2D eigenvalue weighted by Gasteiger charge is -2.06. The lowest BCUT2D eigenvalue weighted by molar-refractivity contribution is -0.120. The Morgan fingerprint density at radius 3 is 3.00 bits per heavy atom. The minimum absolute atomic E-state index is 0.0438. The maximum absolute atomic E-state index is 11.9. The molecule has 1 amide bonds. The highest BCUT2D eigenvalue weighted by Gasteiger charge is 2.04. The van der Waals surface area contributed by atoms with E-state index in [1.165, 1.54) is 6.33 Å². The number of pyridine rings is 1. The standard InChI is InChI=1S/C16H18N6OS2/c1-12-21-14(9-25-12)8-24-5-4-16(23)19-7-13-2-3-15(18-6-13)22-11-17-10-20-22/h2-3,6,9-11H,4-5,7-8H2,1H3,(H,19,23). The Labute approximate surface area is 153 Å². The second-order valence-corrected chi connectivity index (χ2v) is 7.47. The zero-order valence-corrected chi connectivity index (χ0v) is 15.4. The second-order valence-electron chi connectivity index (χ2n) is 5.30. The van der Waals surface area contributed by atoms with E-state index in [4.69, 9.17) is 0 Å². The van der Waals surface area contributed by atoms with Crippen molar-refractivity contribution in [1.29, 1.82) is 0 Å². The lowest BCUT2D eigenvalue weighted by Crippen LogP contribution is -2.23. The first-order valence-electron chi connectivity index (χ1n) is 7.76. The van der Waals surface area contributed by atoms with Gasteiger partial charge in [-0.25, -0.2) is 19.6 Å². The summed E-state index contributed by atoms with van der Waals surface area (Å²) < 4.78 is 1.59. The highest BCUT2D eigenvalue weighted by Crippen LogP contribution is 2.15. The molecule has 0 radical (unpaired) electrons. The van der Waals surface area contributed by atoms with E-state index in [1.54, 1.807) is 40.3 Å². The molecule has 3 aromatic rings. The molecule has 0 spiro atoms. The van der Waals surface area contributed by atoms with Crippen LogP contribution in [0.2, 0.25) is 0 Å². The molecule has 130 valence electrons. The van der Waals surface area contributed by atoms with E-state index in [9.17, 15) is 4.79 Å². The van der Waals surface area contributed by atoms with E-state index in [1.807, 2.05) is 19.1 Å². The summed E-state index contributed by atoms with van der Waals surface area (Å²) in [6.07, 6.45) is 5.28. The zero-order valence-electron chi connectivity index (χ0n) is 13.8. The molecule has 0 unspecified atom stereocenters. The topological polar surface area (TPSA) is 85.6 Å². The summed E-state index contributed by atoms with van der Waals surface area (Å²) in [5, 5.41) is 10.1. The third-order valence-electron chi connectivity index (χ3n) is 3.34. The number of aromatic nitrogens is 5. The highest BCUT2D eigenvalue weighted by atomic mass is 32.2. The summed E-state index contributed by atoms with van der Waals surface area (Å²) in [5.74, 6) is 2.38. The van der Waals surface area contributed by atoms with Gasteiger partial charge in [0, 0.05) is 36.0 Å². The van der Waals surface area contributed by atoms with E-state index in [2.05, 4.69) is 30.7 Å². The number of carbonyl (C=O) groups is 1. The summed E-state index contributed by atoms with van der Waals surface area (Å²) in [6, 6.07) is 3.77. The summed E-state index contributed by atoms with van der Waals surface area (Å²) in [6.45, 7) is 2.47. The third-order valence-corrected chi connectivity index (χ3v) is 5.16. The summed E-state index contributed by atoms with van der Waals surface area (Å²) in [5.41, 5.74) is 2.04. The Kier molecular flexibility index (Phi) is 6.13. The molecular formula is C16H18N6OS2. The quantitative estimate of drug-likeness (QED) is 0.609.